The molecule has 0 aliphatic carbocycles. The second-order valence-electron chi connectivity index (χ2n) is 3.50. The van der Waals surface area contributed by atoms with Crippen molar-refractivity contribution in [2.24, 2.45) is 5.73 Å². The van der Waals surface area contributed by atoms with E-state index in [1.165, 1.54) is 5.56 Å². The third kappa shape index (κ3) is 4.77. The summed E-state index contributed by atoms with van der Waals surface area (Å²) in [4.78, 5) is 0. The lowest BCUT2D eigenvalue weighted by Gasteiger charge is -2.04. The maximum atomic E-state index is 5.52. The minimum absolute atomic E-state index is 0.598. The van der Waals surface area contributed by atoms with Crippen LogP contribution in [-0.2, 0) is 17.9 Å². The van der Waals surface area contributed by atoms with Gasteiger partial charge < -0.3 is 10.5 Å². The van der Waals surface area contributed by atoms with Crippen molar-refractivity contribution >= 4 is 0 Å². The highest BCUT2D eigenvalue weighted by atomic mass is 16.5. The Morgan fingerprint density at radius 1 is 1.20 bits per heavy atom. The topological polar surface area (TPSA) is 35.2 Å². The highest BCUT2D eigenvalue weighted by Crippen LogP contribution is 2.05. The first kappa shape index (κ1) is 12.0. The molecule has 0 bridgehead atoms. The minimum Gasteiger partial charge on any atom is -0.377 e. The standard InChI is InChI=1S/C13H19NO/c1-2-3-4-9-15-11-13-7-5-12(10-14)6-8-13/h2,5-8H,1,3-4,9-11,14H2. The van der Waals surface area contributed by atoms with Crippen LogP contribution in [0.2, 0.25) is 0 Å². The Bertz CT molecular complexity index is 279. The first-order valence-corrected chi connectivity index (χ1v) is 5.33. The van der Waals surface area contributed by atoms with Crippen molar-refractivity contribution in [3.8, 4) is 0 Å². The van der Waals surface area contributed by atoms with Crippen LogP contribution >= 0.6 is 0 Å². The van der Waals surface area contributed by atoms with Gasteiger partial charge in [-0.05, 0) is 24.0 Å². The van der Waals surface area contributed by atoms with Crippen molar-refractivity contribution < 1.29 is 4.74 Å². The Labute approximate surface area is 91.7 Å². The molecule has 0 saturated carbocycles. The number of allylic oxidation sites excluding steroid dienone is 1. The Morgan fingerprint density at radius 2 is 1.87 bits per heavy atom. The molecule has 0 aliphatic heterocycles. The molecule has 1 aromatic rings. The molecular weight excluding hydrogens is 186 g/mol. The summed E-state index contributed by atoms with van der Waals surface area (Å²) in [6.45, 7) is 5.74. The molecule has 82 valence electrons. The largest absolute Gasteiger partial charge is 0.377 e. The van der Waals surface area contributed by atoms with Gasteiger partial charge >= 0.3 is 0 Å². The highest BCUT2D eigenvalue weighted by molar-refractivity contribution is 5.21. The normalized spacial score (nSPS) is 10.2. The van der Waals surface area contributed by atoms with Crippen LogP contribution in [0.4, 0.5) is 0 Å². The van der Waals surface area contributed by atoms with E-state index in [9.17, 15) is 0 Å². The lowest BCUT2D eigenvalue weighted by molar-refractivity contribution is 0.119. The van der Waals surface area contributed by atoms with Gasteiger partial charge in [0.05, 0.1) is 6.61 Å². The lowest BCUT2D eigenvalue weighted by Crippen LogP contribution is -1.98. The van der Waals surface area contributed by atoms with Gasteiger partial charge in [-0.3, -0.25) is 0 Å². The van der Waals surface area contributed by atoms with Gasteiger partial charge in [-0.25, -0.2) is 0 Å². The van der Waals surface area contributed by atoms with Crippen LogP contribution in [0.25, 0.3) is 0 Å². The predicted octanol–water partition coefficient (Wildman–Crippen LogP) is 2.63. The summed E-state index contributed by atoms with van der Waals surface area (Å²) >= 11 is 0. The predicted molar refractivity (Wildman–Crippen MR) is 63.4 cm³/mol. The van der Waals surface area contributed by atoms with Gasteiger partial charge in [0.25, 0.3) is 0 Å². The maximum absolute atomic E-state index is 5.52. The second kappa shape index (κ2) is 7.21. The Morgan fingerprint density at radius 3 is 2.47 bits per heavy atom. The number of ether oxygens (including phenoxy) is 1. The SMILES string of the molecule is C=CCCCOCc1ccc(CN)cc1. The van der Waals surface area contributed by atoms with Crippen molar-refractivity contribution in [3.63, 3.8) is 0 Å². The van der Waals surface area contributed by atoms with Gasteiger partial charge in [-0.1, -0.05) is 30.3 Å². The van der Waals surface area contributed by atoms with Gasteiger partial charge in [-0.2, -0.15) is 0 Å². The van der Waals surface area contributed by atoms with E-state index in [4.69, 9.17) is 10.5 Å². The van der Waals surface area contributed by atoms with E-state index < -0.39 is 0 Å². The smallest absolute Gasteiger partial charge is 0.0716 e. The maximum Gasteiger partial charge on any atom is 0.0716 e. The summed E-state index contributed by atoms with van der Waals surface area (Å²) in [7, 11) is 0. The minimum atomic E-state index is 0.598. The van der Waals surface area contributed by atoms with E-state index >= 15 is 0 Å². The van der Waals surface area contributed by atoms with Crippen LogP contribution in [0.3, 0.4) is 0 Å². The third-order valence-corrected chi connectivity index (χ3v) is 2.22. The number of benzene rings is 1. The van der Waals surface area contributed by atoms with Crippen molar-refractivity contribution in [1.82, 2.24) is 0 Å². The fraction of sp³-hybridized carbons (Fsp3) is 0.385. The fourth-order valence-electron chi connectivity index (χ4n) is 1.29. The molecule has 2 heteroatoms. The van der Waals surface area contributed by atoms with Crippen molar-refractivity contribution in [3.05, 3.63) is 48.0 Å². The zero-order valence-electron chi connectivity index (χ0n) is 9.11. The lowest BCUT2D eigenvalue weighted by atomic mass is 10.1. The zero-order valence-corrected chi connectivity index (χ0v) is 9.11. The summed E-state index contributed by atoms with van der Waals surface area (Å²) in [5.74, 6) is 0. The van der Waals surface area contributed by atoms with Crippen LogP contribution in [0, 0.1) is 0 Å². The first-order chi connectivity index (χ1) is 7.36. The van der Waals surface area contributed by atoms with Crippen LogP contribution in [0.15, 0.2) is 36.9 Å². The molecule has 0 fully saturated rings. The highest BCUT2D eigenvalue weighted by Gasteiger charge is 1.93. The average molecular weight is 205 g/mol. The second-order valence-corrected chi connectivity index (χ2v) is 3.50. The molecule has 1 aromatic carbocycles. The van der Waals surface area contributed by atoms with Gasteiger partial charge in [-0.15, -0.1) is 6.58 Å². The molecule has 0 amide bonds. The van der Waals surface area contributed by atoms with Crippen molar-refractivity contribution in [1.29, 1.82) is 0 Å². The first-order valence-electron chi connectivity index (χ1n) is 5.33. The summed E-state index contributed by atoms with van der Waals surface area (Å²) in [5, 5.41) is 0. The van der Waals surface area contributed by atoms with Gasteiger partial charge in [0.1, 0.15) is 0 Å². The van der Waals surface area contributed by atoms with Crippen LogP contribution in [0.1, 0.15) is 24.0 Å². The monoisotopic (exact) mass is 205 g/mol. The summed E-state index contributed by atoms with van der Waals surface area (Å²) in [6.07, 6.45) is 3.98. The Kier molecular flexibility index (Phi) is 5.74. The zero-order chi connectivity index (χ0) is 10.9. The molecule has 2 N–H and O–H groups in total. The number of unbranched alkanes of at least 4 members (excludes halogenated alkanes) is 1. The molecule has 0 saturated heterocycles. The number of rotatable bonds is 7. The van der Waals surface area contributed by atoms with Gasteiger partial charge in [0.15, 0.2) is 0 Å². The summed E-state index contributed by atoms with van der Waals surface area (Å²) < 4.78 is 5.52. The molecule has 0 atom stereocenters. The van der Waals surface area contributed by atoms with E-state index in [1.807, 2.05) is 18.2 Å². The molecule has 0 aromatic heterocycles. The van der Waals surface area contributed by atoms with E-state index in [1.54, 1.807) is 0 Å². The van der Waals surface area contributed by atoms with Crippen LogP contribution < -0.4 is 5.73 Å². The van der Waals surface area contributed by atoms with E-state index in [2.05, 4.69) is 18.7 Å². The van der Waals surface area contributed by atoms with E-state index in [0.29, 0.717) is 13.2 Å². The fourth-order valence-corrected chi connectivity index (χ4v) is 1.29. The molecule has 2 nitrogen and oxygen atoms in total. The molecule has 0 aliphatic rings. The van der Waals surface area contributed by atoms with Gasteiger partial charge in [0.2, 0.25) is 0 Å². The van der Waals surface area contributed by atoms with Gasteiger partial charge in [0, 0.05) is 13.2 Å². The Hall–Kier alpha value is -1.12. The number of hydrogen-bond acceptors (Lipinski definition) is 2. The van der Waals surface area contributed by atoms with Crippen molar-refractivity contribution in [2.45, 2.75) is 26.0 Å². The number of nitrogens with two attached hydrogens (primary N) is 1. The molecule has 0 heterocycles. The molecular formula is C13H19NO. The number of hydrogen-bond donors (Lipinski definition) is 1. The van der Waals surface area contributed by atoms with E-state index in [-0.39, 0.29) is 0 Å². The quantitative estimate of drug-likeness (QED) is 0.548. The summed E-state index contributed by atoms with van der Waals surface area (Å²) in [6, 6.07) is 8.22. The molecule has 0 radical (unpaired) electrons. The molecule has 0 spiro atoms. The molecule has 0 unspecified atom stereocenters. The van der Waals surface area contributed by atoms with E-state index in [0.717, 1.165) is 25.0 Å². The van der Waals surface area contributed by atoms with Crippen LogP contribution in [-0.4, -0.2) is 6.61 Å². The molecule has 1 rings (SSSR count). The Balaban J connectivity index is 2.22. The molecule has 15 heavy (non-hydrogen) atoms. The summed E-state index contributed by atoms with van der Waals surface area (Å²) in [5.41, 5.74) is 7.87. The van der Waals surface area contributed by atoms with Crippen molar-refractivity contribution in [2.75, 3.05) is 6.61 Å². The average Bonchev–Trinajstić information content (AvgIpc) is 2.30. The third-order valence-electron chi connectivity index (χ3n) is 2.22. The van der Waals surface area contributed by atoms with Crippen LogP contribution in [0.5, 0.6) is 0 Å².